The maximum absolute atomic E-state index is 12.5. The Balaban J connectivity index is 1.90. The molecule has 0 radical (unpaired) electrons. The van der Waals surface area contributed by atoms with Crippen LogP contribution >= 0.6 is 0 Å². The number of fused-ring (bicyclic) bond motifs is 1. The van der Waals surface area contributed by atoms with Crippen LogP contribution in [0.25, 0.3) is 0 Å². The highest BCUT2D eigenvalue weighted by Gasteiger charge is 2.26. The standard InChI is InChI=1S/C18H20N2O2/c1-12-5-4-7-13-6-2-3-8-15(13)17(12)20-18(22)14-9-10-19-16(21)11-14/h2-3,6,8-12,17H,4-5,7H2,1H3,(H,19,21)(H,20,22)/t12-,17-/m1/s1. The number of amides is 1. The van der Waals surface area contributed by atoms with Gasteiger partial charge in [-0.05, 0) is 42.4 Å². The van der Waals surface area contributed by atoms with Crippen molar-refractivity contribution in [2.24, 2.45) is 5.92 Å². The summed E-state index contributed by atoms with van der Waals surface area (Å²) < 4.78 is 0. The molecule has 1 amide bonds. The number of carbonyl (C=O) groups excluding carboxylic acids is 1. The lowest BCUT2D eigenvalue weighted by Crippen LogP contribution is -2.33. The van der Waals surface area contributed by atoms with Gasteiger partial charge in [0, 0.05) is 17.8 Å². The third-order valence-electron chi connectivity index (χ3n) is 4.39. The SMILES string of the molecule is C[C@@H]1CCCc2ccccc2[C@@H]1NC(=O)c1cc[nH]c(=O)c1. The van der Waals surface area contributed by atoms with Crippen molar-refractivity contribution in [3.63, 3.8) is 0 Å². The van der Waals surface area contributed by atoms with Gasteiger partial charge in [-0.2, -0.15) is 0 Å². The van der Waals surface area contributed by atoms with E-state index in [1.807, 2.05) is 12.1 Å². The smallest absolute Gasteiger partial charge is 0.252 e. The summed E-state index contributed by atoms with van der Waals surface area (Å²) in [5.74, 6) is 0.175. The number of aromatic nitrogens is 1. The number of rotatable bonds is 2. The molecule has 1 aliphatic rings. The van der Waals surface area contributed by atoms with E-state index in [0.717, 1.165) is 19.3 Å². The number of aryl methyl sites for hydroxylation is 1. The van der Waals surface area contributed by atoms with Crippen LogP contribution in [0.5, 0.6) is 0 Å². The normalized spacial score (nSPS) is 20.8. The molecule has 1 aliphatic carbocycles. The molecule has 2 atom stereocenters. The Morgan fingerprint density at radius 2 is 2.09 bits per heavy atom. The van der Waals surface area contributed by atoms with Crippen LogP contribution in [-0.2, 0) is 6.42 Å². The van der Waals surface area contributed by atoms with E-state index in [1.54, 1.807) is 6.07 Å². The van der Waals surface area contributed by atoms with Gasteiger partial charge in [0.1, 0.15) is 0 Å². The largest absolute Gasteiger partial charge is 0.345 e. The summed E-state index contributed by atoms with van der Waals surface area (Å²) in [7, 11) is 0. The van der Waals surface area contributed by atoms with E-state index in [4.69, 9.17) is 0 Å². The molecule has 22 heavy (non-hydrogen) atoms. The van der Waals surface area contributed by atoms with E-state index in [9.17, 15) is 9.59 Å². The summed E-state index contributed by atoms with van der Waals surface area (Å²) >= 11 is 0. The van der Waals surface area contributed by atoms with Gasteiger partial charge in [0.2, 0.25) is 5.56 Å². The maximum Gasteiger partial charge on any atom is 0.252 e. The van der Waals surface area contributed by atoms with Crippen molar-refractivity contribution in [2.45, 2.75) is 32.2 Å². The molecule has 114 valence electrons. The van der Waals surface area contributed by atoms with Gasteiger partial charge in [0.25, 0.3) is 5.91 Å². The van der Waals surface area contributed by atoms with Gasteiger partial charge >= 0.3 is 0 Å². The predicted molar refractivity (Wildman–Crippen MR) is 85.8 cm³/mol. The van der Waals surface area contributed by atoms with Crippen LogP contribution in [0, 0.1) is 5.92 Å². The van der Waals surface area contributed by atoms with Crippen molar-refractivity contribution in [3.05, 3.63) is 69.6 Å². The highest BCUT2D eigenvalue weighted by Crippen LogP contribution is 2.33. The molecule has 1 heterocycles. The van der Waals surface area contributed by atoms with Crippen molar-refractivity contribution in [1.29, 1.82) is 0 Å². The zero-order chi connectivity index (χ0) is 15.5. The molecule has 2 N–H and O–H groups in total. The van der Waals surface area contributed by atoms with Gasteiger partial charge in [-0.25, -0.2) is 0 Å². The average molecular weight is 296 g/mol. The summed E-state index contributed by atoms with van der Waals surface area (Å²) in [6, 6.07) is 11.3. The van der Waals surface area contributed by atoms with Gasteiger partial charge in [0.05, 0.1) is 6.04 Å². The highest BCUT2D eigenvalue weighted by atomic mass is 16.2. The van der Waals surface area contributed by atoms with Gasteiger partial charge in [-0.1, -0.05) is 31.2 Å². The first-order valence-corrected chi connectivity index (χ1v) is 7.72. The molecular formula is C18H20N2O2. The fourth-order valence-electron chi connectivity index (χ4n) is 3.18. The third kappa shape index (κ3) is 2.96. The van der Waals surface area contributed by atoms with Gasteiger partial charge in [-0.3, -0.25) is 9.59 Å². The highest BCUT2D eigenvalue weighted by molar-refractivity contribution is 5.94. The lowest BCUT2D eigenvalue weighted by molar-refractivity contribution is 0.0922. The Morgan fingerprint density at radius 3 is 2.91 bits per heavy atom. The summed E-state index contributed by atoms with van der Waals surface area (Å²) in [4.78, 5) is 26.4. The van der Waals surface area contributed by atoms with Crippen LogP contribution < -0.4 is 10.9 Å². The Bertz CT molecular complexity index is 736. The minimum Gasteiger partial charge on any atom is -0.345 e. The molecule has 0 fully saturated rings. The van der Waals surface area contributed by atoms with Crippen LogP contribution in [0.15, 0.2) is 47.4 Å². The van der Waals surface area contributed by atoms with Crippen molar-refractivity contribution >= 4 is 5.91 Å². The average Bonchev–Trinajstić information content (AvgIpc) is 2.67. The molecule has 2 aromatic rings. The summed E-state index contributed by atoms with van der Waals surface area (Å²) in [6.07, 6.45) is 4.77. The van der Waals surface area contributed by atoms with Crippen molar-refractivity contribution in [3.8, 4) is 0 Å². The molecule has 3 rings (SSSR count). The second-order valence-corrected chi connectivity index (χ2v) is 5.96. The molecule has 0 bridgehead atoms. The number of H-pyrrole nitrogens is 1. The molecule has 0 unspecified atom stereocenters. The Morgan fingerprint density at radius 1 is 1.27 bits per heavy atom. The zero-order valence-corrected chi connectivity index (χ0v) is 12.6. The lowest BCUT2D eigenvalue weighted by Gasteiger charge is -2.25. The number of hydrogen-bond donors (Lipinski definition) is 2. The van der Waals surface area contributed by atoms with Gasteiger partial charge in [0.15, 0.2) is 0 Å². The van der Waals surface area contributed by atoms with Crippen LogP contribution in [0.1, 0.15) is 47.3 Å². The summed E-state index contributed by atoms with van der Waals surface area (Å²) in [5, 5.41) is 3.12. The van der Waals surface area contributed by atoms with E-state index in [2.05, 4.69) is 29.4 Å². The number of aromatic amines is 1. The Hall–Kier alpha value is -2.36. The topological polar surface area (TPSA) is 62.0 Å². The fraction of sp³-hybridized carbons (Fsp3) is 0.333. The molecule has 0 aliphatic heterocycles. The maximum atomic E-state index is 12.5. The molecule has 4 heteroatoms. The van der Waals surface area contributed by atoms with E-state index >= 15 is 0 Å². The van der Waals surface area contributed by atoms with E-state index in [1.165, 1.54) is 23.4 Å². The number of benzene rings is 1. The molecular weight excluding hydrogens is 276 g/mol. The van der Waals surface area contributed by atoms with Gasteiger partial charge < -0.3 is 10.3 Å². The first kappa shape index (κ1) is 14.6. The molecule has 1 aromatic heterocycles. The van der Waals surface area contributed by atoms with E-state index in [0.29, 0.717) is 11.5 Å². The lowest BCUT2D eigenvalue weighted by atomic mass is 9.92. The van der Waals surface area contributed by atoms with E-state index in [-0.39, 0.29) is 17.5 Å². The van der Waals surface area contributed by atoms with E-state index < -0.39 is 0 Å². The summed E-state index contributed by atoms with van der Waals surface area (Å²) in [6.45, 7) is 2.17. The van der Waals surface area contributed by atoms with Crippen LogP contribution in [-0.4, -0.2) is 10.9 Å². The predicted octanol–water partition coefficient (Wildman–Crippen LogP) is 2.82. The van der Waals surface area contributed by atoms with Crippen molar-refractivity contribution < 1.29 is 4.79 Å². The van der Waals surface area contributed by atoms with Crippen LogP contribution in [0.4, 0.5) is 0 Å². The number of nitrogens with one attached hydrogen (secondary N) is 2. The first-order chi connectivity index (χ1) is 10.6. The zero-order valence-electron chi connectivity index (χ0n) is 12.6. The second-order valence-electron chi connectivity index (χ2n) is 5.96. The monoisotopic (exact) mass is 296 g/mol. The number of hydrogen-bond acceptors (Lipinski definition) is 2. The molecule has 4 nitrogen and oxygen atoms in total. The van der Waals surface area contributed by atoms with Crippen LogP contribution in [0.2, 0.25) is 0 Å². The van der Waals surface area contributed by atoms with Crippen molar-refractivity contribution in [1.82, 2.24) is 10.3 Å². The second kappa shape index (κ2) is 6.18. The quantitative estimate of drug-likeness (QED) is 0.837. The van der Waals surface area contributed by atoms with Gasteiger partial charge in [-0.15, -0.1) is 0 Å². The molecule has 0 saturated heterocycles. The van der Waals surface area contributed by atoms with Crippen LogP contribution in [0.3, 0.4) is 0 Å². The summed E-state index contributed by atoms with van der Waals surface area (Å²) in [5.41, 5.74) is 2.65. The minimum atomic E-state index is -0.262. The number of carbonyl (C=O) groups is 1. The Labute approximate surface area is 129 Å². The molecule has 0 spiro atoms. The minimum absolute atomic E-state index is 0.00881. The third-order valence-corrected chi connectivity index (χ3v) is 4.39. The Kier molecular flexibility index (Phi) is 4.09. The fourth-order valence-corrected chi connectivity index (χ4v) is 3.18. The van der Waals surface area contributed by atoms with Crippen molar-refractivity contribution in [2.75, 3.05) is 0 Å². The molecule has 0 saturated carbocycles. The number of pyridine rings is 1. The molecule has 1 aromatic carbocycles. The first-order valence-electron chi connectivity index (χ1n) is 7.72.